The number of carbonyl (C=O) groups is 1. The van der Waals surface area contributed by atoms with Crippen LogP contribution in [-0.4, -0.2) is 42.4 Å². The number of piperidine rings is 1. The number of nitrogens with zero attached hydrogens (tertiary/aromatic N) is 2. The fourth-order valence-corrected chi connectivity index (χ4v) is 4.14. The summed E-state index contributed by atoms with van der Waals surface area (Å²) in [5.74, 6) is 0.291. The second kappa shape index (κ2) is 5.80. The van der Waals surface area contributed by atoms with Crippen LogP contribution >= 0.6 is 0 Å². The minimum absolute atomic E-state index is 0.241. The fraction of sp³-hybridized carbons (Fsp3) is 0.611. The second-order valence-electron chi connectivity index (χ2n) is 6.89. The largest absolute Gasteiger partial charge is 0.338 e. The smallest absolute Gasteiger partial charge is 0.222 e. The molecule has 1 amide bonds. The monoisotopic (exact) mass is 286 g/mol. The van der Waals surface area contributed by atoms with Crippen LogP contribution in [0.4, 0.5) is 0 Å². The first kappa shape index (κ1) is 14.6. The van der Waals surface area contributed by atoms with E-state index in [9.17, 15) is 4.79 Å². The maximum Gasteiger partial charge on any atom is 0.222 e. The number of fused-ring (bicyclic) bond motifs is 1. The van der Waals surface area contributed by atoms with Crippen LogP contribution < -0.4 is 0 Å². The van der Waals surface area contributed by atoms with Gasteiger partial charge in [0.05, 0.1) is 0 Å². The molecule has 3 rings (SSSR count). The van der Waals surface area contributed by atoms with Crippen LogP contribution in [-0.2, 0) is 17.8 Å². The van der Waals surface area contributed by atoms with E-state index >= 15 is 0 Å². The molecular weight excluding hydrogens is 260 g/mol. The first-order valence-corrected chi connectivity index (χ1v) is 8.15. The Kier molecular flexibility index (Phi) is 4.03. The molecule has 2 heterocycles. The zero-order valence-corrected chi connectivity index (χ0v) is 13.3. The standard InChI is InChI=1S/C18H26N2O/c1-3-17(21)20-12-16-8-5-4-7-15(16)11-18(14-20)9-6-10-19(2)13-18/h4-5,7-8H,3,6,9-14H2,1-2H3. The SMILES string of the molecule is CCC(=O)N1Cc2ccccc2CC2(CCCN(C)C2)C1. The summed E-state index contributed by atoms with van der Waals surface area (Å²) in [7, 11) is 2.21. The lowest BCUT2D eigenvalue weighted by Gasteiger charge is -2.43. The minimum atomic E-state index is 0.241. The lowest BCUT2D eigenvalue weighted by atomic mass is 9.75. The molecule has 114 valence electrons. The molecule has 3 heteroatoms. The van der Waals surface area contributed by atoms with E-state index < -0.39 is 0 Å². The van der Waals surface area contributed by atoms with Gasteiger partial charge in [-0.15, -0.1) is 0 Å². The van der Waals surface area contributed by atoms with Crippen molar-refractivity contribution in [1.29, 1.82) is 0 Å². The third kappa shape index (κ3) is 2.98. The molecule has 1 saturated heterocycles. The van der Waals surface area contributed by atoms with Gasteiger partial charge in [0.2, 0.25) is 5.91 Å². The van der Waals surface area contributed by atoms with E-state index in [0.29, 0.717) is 12.3 Å². The van der Waals surface area contributed by atoms with Gasteiger partial charge in [0.15, 0.2) is 0 Å². The van der Waals surface area contributed by atoms with Crippen LogP contribution in [0, 0.1) is 5.41 Å². The number of likely N-dealkylation sites (tertiary alicyclic amines) is 1. The van der Waals surface area contributed by atoms with Crippen molar-refractivity contribution in [2.45, 2.75) is 39.2 Å². The maximum absolute atomic E-state index is 12.3. The Morgan fingerprint density at radius 3 is 2.71 bits per heavy atom. The van der Waals surface area contributed by atoms with Gasteiger partial charge in [-0.2, -0.15) is 0 Å². The summed E-state index contributed by atoms with van der Waals surface area (Å²) in [6, 6.07) is 8.68. The van der Waals surface area contributed by atoms with Gasteiger partial charge in [-0.05, 0) is 44.0 Å². The topological polar surface area (TPSA) is 23.6 Å². The molecule has 1 spiro atoms. The van der Waals surface area contributed by atoms with E-state index in [1.165, 1.54) is 30.5 Å². The van der Waals surface area contributed by atoms with Crippen molar-refractivity contribution in [3.63, 3.8) is 0 Å². The molecule has 0 aliphatic carbocycles. The molecular formula is C18H26N2O. The molecule has 0 saturated carbocycles. The van der Waals surface area contributed by atoms with E-state index in [4.69, 9.17) is 0 Å². The summed E-state index contributed by atoms with van der Waals surface area (Å²) >= 11 is 0. The fourth-order valence-electron chi connectivity index (χ4n) is 4.14. The summed E-state index contributed by atoms with van der Waals surface area (Å²) < 4.78 is 0. The van der Waals surface area contributed by atoms with Crippen molar-refractivity contribution in [2.24, 2.45) is 5.41 Å². The molecule has 2 aliphatic heterocycles. The van der Waals surface area contributed by atoms with Crippen molar-refractivity contribution in [3.8, 4) is 0 Å². The van der Waals surface area contributed by atoms with Gasteiger partial charge >= 0.3 is 0 Å². The van der Waals surface area contributed by atoms with Gasteiger partial charge < -0.3 is 9.80 Å². The predicted octanol–water partition coefficient (Wildman–Crippen LogP) is 2.69. The van der Waals surface area contributed by atoms with E-state index in [2.05, 4.69) is 41.1 Å². The molecule has 1 aromatic rings. The first-order valence-electron chi connectivity index (χ1n) is 8.15. The van der Waals surface area contributed by atoms with E-state index in [0.717, 1.165) is 26.1 Å². The zero-order chi connectivity index (χ0) is 14.9. The molecule has 1 atom stereocenters. The second-order valence-corrected chi connectivity index (χ2v) is 6.89. The summed E-state index contributed by atoms with van der Waals surface area (Å²) in [6.07, 6.45) is 4.20. The number of amides is 1. The molecule has 3 nitrogen and oxygen atoms in total. The van der Waals surface area contributed by atoms with Gasteiger partial charge in [-0.25, -0.2) is 0 Å². The summed E-state index contributed by atoms with van der Waals surface area (Å²) in [5.41, 5.74) is 3.02. The Balaban J connectivity index is 1.96. The van der Waals surface area contributed by atoms with Gasteiger partial charge in [0.25, 0.3) is 0 Å². The van der Waals surface area contributed by atoms with Crippen molar-refractivity contribution in [2.75, 3.05) is 26.7 Å². The predicted molar refractivity (Wildman–Crippen MR) is 85.0 cm³/mol. The van der Waals surface area contributed by atoms with Crippen molar-refractivity contribution in [3.05, 3.63) is 35.4 Å². The summed E-state index contributed by atoms with van der Waals surface area (Å²) in [5, 5.41) is 0. The number of hydrogen-bond acceptors (Lipinski definition) is 2. The number of rotatable bonds is 1. The van der Waals surface area contributed by atoms with Gasteiger partial charge in [-0.3, -0.25) is 4.79 Å². The van der Waals surface area contributed by atoms with E-state index in [1.807, 2.05) is 6.92 Å². The van der Waals surface area contributed by atoms with E-state index in [-0.39, 0.29) is 5.41 Å². The van der Waals surface area contributed by atoms with Crippen LogP contribution in [0.1, 0.15) is 37.3 Å². The highest BCUT2D eigenvalue weighted by molar-refractivity contribution is 5.76. The van der Waals surface area contributed by atoms with E-state index in [1.54, 1.807) is 0 Å². The molecule has 0 bridgehead atoms. The van der Waals surface area contributed by atoms with Crippen molar-refractivity contribution < 1.29 is 4.79 Å². The van der Waals surface area contributed by atoms with Gasteiger partial charge in [0.1, 0.15) is 0 Å². The Morgan fingerprint density at radius 1 is 1.24 bits per heavy atom. The molecule has 1 unspecified atom stereocenters. The Hall–Kier alpha value is -1.35. The maximum atomic E-state index is 12.3. The number of carbonyl (C=O) groups excluding carboxylic acids is 1. The van der Waals surface area contributed by atoms with Crippen LogP contribution in [0.2, 0.25) is 0 Å². The molecule has 1 aromatic carbocycles. The third-order valence-electron chi connectivity index (χ3n) is 5.08. The molecule has 2 aliphatic rings. The normalized spacial score (nSPS) is 26.5. The molecule has 0 radical (unpaired) electrons. The van der Waals surface area contributed by atoms with Crippen LogP contribution in [0.15, 0.2) is 24.3 Å². The Labute approximate surface area is 127 Å². The highest BCUT2D eigenvalue weighted by atomic mass is 16.2. The van der Waals surface area contributed by atoms with Crippen LogP contribution in [0.25, 0.3) is 0 Å². The Morgan fingerprint density at radius 2 is 2.00 bits per heavy atom. The minimum Gasteiger partial charge on any atom is -0.338 e. The van der Waals surface area contributed by atoms with Crippen LogP contribution in [0.3, 0.4) is 0 Å². The lowest BCUT2D eigenvalue weighted by Crippen LogP contribution is -2.49. The third-order valence-corrected chi connectivity index (χ3v) is 5.08. The quantitative estimate of drug-likeness (QED) is 0.792. The Bertz CT molecular complexity index is 528. The molecule has 1 fully saturated rings. The number of benzene rings is 1. The highest BCUT2D eigenvalue weighted by Gasteiger charge is 2.39. The summed E-state index contributed by atoms with van der Waals surface area (Å²) in [4.78, 5) is 16.9. The van der Waals surface area contributed by atoms with Gasteiger partial charge in [-0.1, -0.05) is 31.2 Å². The summed E-state index contributed by atoms with van der Waals surface area (Å²) in [6.45, 7) is 5.96. The average Bonchev–Trinajstić information content (AvgIpc) is 2.62. The molecule has 21 heavy (non-hydrogen) atoms. The van der Waals surface area contributed by atoms with Gasteiger partial charge in [0, 0.05) is 31.5 Å². The van der Waals surface area contributed by atoms with Crippen LogP contribution in [0.5, 0.6) is 0 Å². The highest BCUT2D eigenvalue weighted by Crippen LogP contribution is 2.38. The lowest BCUT2D eigenvalue weighted by molar-refractivity contribution is -0.133. The zero-order valence-electron chi connectivity index (χ0n) is 13.3. The number of hydrogen-bond donors (Lipinski definition) is 0. The van der Waals surface area contributed by atoms with Crippen molar-refractivity contribution >= 4 is 5.91 Å². The molecule has 0 N–H and O–H groups in total. The first-order chi connectivity index (χ1) is 10.1. The molecule has 0 aromatic heterocycles. The van der Waals surface area contributed by atoms with Crippen molar-refractivity contribution in [1.82, 2.24) is 9.80 Å². The average molecular weight is 286 g/mol.